The van der Waals surface area contributed by atoms with E-state index in [1.54, 1.807) is 35.3 Å². The fraction of sp³-hybridized carbons (Fsp3) is 0.364. The van der Waals surface area contributed by atoms with Crippen LogP contribution in [-0.4, -0.2) is 78.5 Å². The van der Waals surface area contributed by atoms with Gasteiger partial charge in [-0.2, -0.15) is 0 Å². The van der Waals surface area contributed by atoms with Crippen molar-refractivity contribution in [3.05, 3.63) is 46.6 Å². The number of oxime groups is 1. The lowest BCUT2D eigenvalue weighted by atomic mass is 10.0. The summed E-state index contributed by atoms with van der Waals surface area (Å²) in [7, 11) is 0. The number of hydrogen-bond donors (Lipinski definition) is 3. The summed E-state index contributed by atoms with van der Waals surface area (Å²) in [6.07, 6.45) is 5.82. The van der Waals surface area contributed by atoms with Crippen molar-refractivity contribution in [2.45, 2.75) is 29.5 Å². The Kier molecular flexibility index (Phi) is 8.16. The molecule has 4 heterocycles. The van der Waals surface area contributed by atoms with Crippen LogP contribution in [0.15, 0.2) is 40.5 Å². The second kappa shape index (κ2) is 11.3. The van der Waals surface area contributed by atoms with Crippen LogP contribution in [0.4, 0.5) is 5.13 Å². The summed E-state index contributed by atoms with van der Waals surface area (Å²) in [6, 6.07) is 2.85. The van der Waals surface area contributed by atoms with Gasteiger partial charge in [-0.05, 0) is 29.5 Å². The molecule has 2 aliphatic rings. The Morgan fingerprint density at radius 2 is 2.33 bits per heavy atom. The van der Waals surface area contributed by atoms with Crippen molar-refractivity contribution in [1.82, 2.24) is 20.2 Å². The van der Waals surface area contributed by atoms with Crippen LogP contribution >= 0.6 is 34.9 Å². The van der Waals surface area contributed by atoms with E-state index in [0.29, 0.717) is 13.0 Å². The first-order chi connectivity index (χ1) is 17.3. The summed E-state index contributed by atoms with van der Waals surface area (Å²) in [5.74, 6) is -1.71. The van der Waals surface area contributed by atoms with Gasteiger partial charge in [0.15, 0.2) is 10.8 Å². The lowest BCUT2D eigenvalue weighted by Gasteiger charge is -2.53. The number of nitrogens with two attached hydrogens (primary N) is 1. The Balaban J connectivity index is 1.42. The standard InChI is InChI=1S/C22H24N6O5S3/c1-2-7-33-27-15(14-10-34-21(23)25-14)17(29)26-16-18(30)28-11-22(20(31)32,12-35-19(16)28)36-8-5-13-4-3-6-24-9-13/h3-6,8-10,16,19H,2,7,11-12H2,1H3,(H2,23,25)(H,26,29)(H,31,32)/t16?,19-,22?/m1/s1. The van der Waals surface area contributed by atoms with Gasteiger partial charge >= 0.3 is 5.97 Å². The molecule has 0 bridgehead atoms. The van der Waals surface area contributed by atoms with Crippen LogP contribution in [0.5, 0.6) is 0 Å². The smallest absolute Gasteiger partial charge is 0.322 e. The normalized spacial score (nSPS) is 23.8. The summed E-state index contributed by atoms with van der Waals surface area (Å²) in [5, 5.41) is 19.8. The van der Waals surface area contributed by atoms with Crippen LogP contribution in [0.3, 0.4) is 0 Å². The van der Waals surface area contributed by atoms with Gasteiger partial charge < -0.3 is 25.9 Å². The van der Waals surface area contributed by atoms with Crippen LogP contribution in [0, 0.1) is 0 Å². The zero-order valence-corrected chi connectivity index (χ0v) is 21.6. The zero-order valence-electron chi connectivity index (χ0n) is 19.2. The number of amides is 2. The van der Waals surface area contributed by atoms with Crippen molar-refractivity contribution in [3.63, 3.8) is 0 Å². The first kappa shape index (κ1) is 26.0. The van der Waals surface area contributed by atoms with E-state index >= 15 is 0 Å². The fourth-order valence-electron chi connectivity index (χ4n) is 3.53. The monoisotopic (exact) mass is 548 g/mol. The number of thioether (sulfide) groups is 2. The molecule has 0 aliphatic carbocycles. The first-order valence-electron chi connectivity index (χ1n) is 11.0. The van der Waals surface area contributed by atoms with Gasteiger partial charge in [-0.25, -0.2) is 4.98 Å². The maximum absolute atomic E-state index is 13.0. The Morgan fingerprint density at radius 1 is 1.50 bits per heavy atom. The number of rotatable bonds is 10. The summed E-state index contributed by atoms with van der Waals surface area (Å²) in [4.78, 5) is 52.9. The van der Waals surface area contributed by atoms with Gasteiger partial charge in [-0.1, -0.05) is 18.1 Å². The largest absolute Gasteiger partial charge is 0.480 e. The molecule has 0 saturated carbocycles. The van der Waals surface area contributed by atoms with Crippen molar-refractivity contribution in [2.24, 2.45) is 5.16 Å². The van der Waals surface area contributed by atoms with Gasteiger partial charge in [0.25, 0.3) is 5.91 Å². The number of thiazole rings is 1. The average molecular weight is 549 g/mol. The van der Waals surface area contributed by atoms with Gasteiger partial charge in [0.05, 0.1) is 0 Å². The number of carbonyl (C=O) groups is 3. The SMILES string of the molecule is CCCON=C(C(=O)NC1C(=O)N2CC(SC=Cc3cccnc3)(C(=O)O)CS[C@H]12)c1csc(N)n1. The van der Waals surface area contributed by atoms with Crippen LogP contribution in [0.25, 0.3) is 6.08 Å². The van der Waals surface area contributed by atoms with Gasteiger partial charge in [0.1, 0.15) is 28.5 Å². The molecule has 3 atom stereocenters. The molecular weight excluding hydrogens is 524 g/mol. The number of carboxylic acids is 1. The lowest BCUT2D eigenvalue weighted by molar-refractivity contribution is -0.151. The van der Waals surface area contributed by atoms with E-state index in [4.69, 9.17) is 10.6 Å². The number of hydrogen-bond acceptors (Lipinski definition) is 11. The Labute approximate surface area is 219 Å². The molecule has 2 aromatic rings. The molecule has 190 valence electrons. The van der Waals surface area contributed by atoms with Gasteiger partial charge in [0.2, 0.25) is 5.91 Å². The van der Waals surface area contributed by atoms with E-state index in [1.165, 1.54) is 16.7 Å². The molecule has 14 heteroatoms. The third-order valence-corrected chi connectivity index (χ3v) is 8.96. The van der Waals surface area contributed by atoms with E-state index in [9.17, 15) is 19.5 Å². The number of carboxylic acid groups (broad SMARTS) is 1. The summed E-state index contributed by atoms with van der Waals surface area (Å²) in [5.41, 5.74) is 6.73. The molecule has 0 radical (unpaired) electrons. The highest BCUT2D eigenvalue weighted by Gasteiger charge is 2.57. The molecule has 0 spiro atoms. The molecule has 2 aliphatic heterocycles. The van der Waals surface area contributed by atoms with Gasteiger partial charge in [-0.3, -0.25) is 19.4 Å². The fourth-order valence-corrected chi connectivity index (χ4v) is 6.75. The molecular formula is C22H24N6O5S3. The molecule has 2 fully saturated rings. The van der Waals surface area contributed by atoms with Crippen LogP contribution < -0.4 is 11.1 Å². The van der Waals surface area contributed by atoms with E-state index in [2.05, 4.69) is 20.4 Å². The van der Waals surface area contributed by atoms with Crippen molar-refractivity contribution in [1.29, 1.82) is 0 Å². The number of aromatic nitrogens is 2. The number of nitrogen functional groups attached to an aromatic ring is 1. The molecule has 0 aromatic carbocycles. The third-order valence-electron chi connectivity index (χ3n) is 5.40. The van der Waals surface area contributed by atoms with Crippen LogP contribution in [-0.2, 0) is 19.2 Å². The van der Waals surface area contributed by atoms with E-state index in [1.807, 2.05) is 13.0 Å². The molecule has 2 saturated heterocycles. The molecule has 36 heavy (non-hydrogen) atoms. The van der Waals surface area contributed by atoms with Crippen LogP contribution in [0.2, 0.25) is 0 Å². The molecule has 2 amide bonds. The molecule has 2 unspecified atom stereocenters. The summed E-state index contributed by atoms with van der Waals surface area (Å²) < 4.78 is -1.21. The Morgan fingerprint density at radius 3 is 3.00 bits per heavy atom. The number of pyridine rings is 1. The zero-order chi connectivity index (χ0) is 25.7. The number of nitrogens with one attached hydrogen (secondary N) is 1. The highest BCUT2D eigenvalue weighted by atomic mass is 32.2. The highest BCUT2D eigenvalue weighted by molar-refractivity contribution is 8.06. The van der Waals surface area contributed by atoms with Crippen molar-refractivity contribution in [3.8, 4) is 0 Å². The predicted octanol–water partition coefficient (Wildman–Crippen LogP) is 1.88. The maximum atomic E-state index is 13.0. The van der Waals surface area contributed by atoms with Crippen molar-refractivity contribution in [2.75, 3.05) is 24.6 Å². The minimum Gasteiger partial charge on any atom is -0.480 e. The Hall–Kier alpha value is -3.10. The van der Waals surface area contributed by atoms with Crippen molar-refractivity contribution >= 4 is 69.6 Å². The number of aliphatic carboxylic acids is 1. The summed E-state index contributed by atoms with van der Waals surface area (Å²) >= 11 is 3.63. The van der Waals surface area contributed by atoms with Crippen LogP contribution in [0.1, 0.15) is 24.6 Å². The van der Waals surface area contributed by atoms with E-state index in [0.717, 1.165) is 28.7 Å². The van der Waals surface area contributed by atoms with E-state index in [-0.39, 0.29) is 40.1 Å². The molecule has 4 N–H and O–H groups in total. The third kappa shape index (κ3) is 5.50. The predicted molar refractivity (Wildman–Crippen MR) is 140 cm³/mol. The second-order valence-electron chi connectivity index (χ2n) is 7.97. The molecule has 4 rings (SSSR count). The maximum Gasteiger partial charge on any atom is 0.322 e. The first-order valence-corrected chi connectivity index (χ1v) is 13.8. The number of fused-ring (bicyclic) bond motifs is 1. The topological polar surface area (TPSA) is 160 Å². The second-order valence-corrected chi connectivity index (χ2v) is 11.3. The lowest BCUT2D eigenvalue weighted by Crippen LogP contribution is -2.74. The van der Waals surface area contributed by atoms with Gasteiger partial charge in [-0.15, -0.1) is 34.9 Å². The number of nitrogens with zero attached hydrogens (tertiary/aromatic N) is 4. The number of carbonyl (C=O) groups excluding carboxylic acids is 2. The summed E-state index contributed by atoms with van der Waals surface area (Å²) in [6.45, 7) is 2.24. The minimum atomic E-state index is -1.21. The quantitative estimate of drug-likeness (QED) is 0.173. The molecule has 11 nitrogen and oxygen atoms in total. The molecule has 2 aromatic heterocycles. The Bertz CT molecular complexity index is 1190. The minimum absolute atomic E-state index is 0.0242. The number of β-lactam (4-membered cyclic amide) rings is 1. The average Bonchev–Trinajstić information content (AvgIpc) is 3.31. The van der Waals surface area contributed by atoms with Gasteiger partial charge in [0, 0.05) is 30.1 Å². The van der Waals surface area contributed by atoms with Crippen molar-refractivity contribution < 1.29 is 24.3 Å². The van der Waals surface area contributed by atoms with E-state index < -0.39 is 22.7 Å². The number of anilines is 1. The highest BCUT2D eigenvalue weighted by Crippen LogP contribution is 2.44.